The van der Waals surface area contributed by atoms with E-state index in [0.717, 1.165) is 57.3 Å². The number of nitrogens with zero attached hydrogens (tertiary/aromatic N) is 3. The number of anilines is 1. The molecule has 2 aliphatic rings. The molecule has 176 valence electrons. The number of carbonyl (C=O) groups excluding carboxylic acids is 1. The molecule has 5 rings (SSSR count). The summed E-state index contributed by atoms with van der Waals surface area (Å²) in [6, 6.07) is 29.7. The second-order valence-corrected chi connectivity index (χ2v) is 9.72. The number of piperazine rings is 1. The minimum Gasteiger partial charge on any atom is -0.368 e. The molecule has 0 saturated carbocycles. The Hall–Kier alpha value is -3.11. The van der Waals surface area contributed by atoms with E-state index in [9.17, 15) is 4.79 Å². The van der Waals surface area contributed by atoms with Crippen LogP contribution in [0.5, 0.6) is 0 Å². The molecule has 2 heterocycles. The second kappa shape index (κ2) is 10.9. The fourth-order valence-electron chi connectivity index (χ4n) is 5.30. The first-order valence-electron chi connectivity index (χ1n) is 12.7. The highest BCUT2D eigenvalue weighted by Crippen LogP contribution is 2.23. The molecule has 2 aliphatic heterocycles. The number of hydrogen-bond donors (Lipinski definition) is 0. The fraction of sp³-hybridized carbons (Fsp3) is 0.367. The van der Waals surface area contributed by atoms with E-state index in [2.05, 4.69) is 76.5 Å². The summed E-state index contributed by atoms with van der Waals surface area (Å²) in [5.41, 5.74) is 4.80. The van der Waals surface area contributed by atoms with E-state index < -0.39 is 0 Å². The molecule has 0 atom stereocenters. The summed E-state index contributed by atoms with van der Waals surface area (Å²) in [5.74, 6) is 0.946. The highest BCUT2D eigenvalue weighted by Gasteiger charge is 2.23. The Morgan fingerprint density at radius 3 is 1.94 bits per heavy atom. The van der Waals surface area contributed by atoms with Crippen molar-refractivity contribution in [1.82, 2.24) is 9.80 Å². The van der Waals surface area contributed by atoms with Crippen molar-refractivity contribution in [2.24, 2.45) is 5.92 Å². The highest BCUT2D eigenvalue weighted by molar-refractivity contribution is 5.94. The number of amides is 1. The Morgan fingerprint density at radius 1 is 0.676 bits per heavy atom. The quantitative estimate of drug-likeness (QED) is 0.519. The maximum absolute atomic E-state index is 13.0. The van der Waals surface area contributed by atoms with Gasteiger partial charge in [-0.25, -0.2) is 0 Å². The summed E-state index contributed by atoms with van der Waals surface area (Å²) in [5, 5.41) is 0. The van der Waals surface area contributed by atoms with Crippen molar-refractivity contribution < 1.29 is 4.79 Å². The van der Waals surface area contributed by atoms with Crippen LogP contribution in [0.3, 0.4) is 0 Å². The molecule has 34 heavy (non-hydrogen) atoms. The monoisotopic (exact) mass is 453 g/mol. The molecule has 3 aromatic rings. The van der Waals surface area contributed by atoms with Crippen LogP contribution in [0.25, 0.3) is 0 Å². The van der Waals surface area contributed by atoms with Crippen molar-refractivity contribution in [2.45, 2.75) is 25.8 Å². The molecule has 2 fully saturated rings. The Bertz CT molecular complexity index is 1040. The SMILES string of the molecule is O=C(c1ccc(CN2CCC(Cc3ccccc3)CC2)cc1)N1CCN(c2ccccc2)CC1. The molecule has 0 aromatic heterocycles. The molecule has 3 aromatic carbocycles. The molecule has 0 N–H and O–H groups in total. The van der Waals surface area contributed by atoms with Crippen LogP contribution in [0.2, 0.25) is 0 Å². The van der Waals surface area contributed by atoms with E-state index >= 15 is 0 Å². The summed E-state index contributed by atoms with van der Waals surface area (Å²) >= 11 is 0. The van der Waals surface area contributed by atoms with Crippen molar-refractivity contribution >= 4 is 11.6 Å². The topological polar surface area (TPSA) is 26.8 Å². The van der Waals surface area contributed by atoms with Gasteiger partial charge in [0.2, 0.25) is 0 Å². The number of likely N-dealkylation sites (tertiary alicyclic amines) is 1. The van der Waals surface area contributed by atoms with E-state index in [-0.39, 0.29) is 5.91 Å². The molecule has 0 radical (unpaired) electrons. The van der Waals surface area contributed by atoms with Crippen molar-refractivity contribution in [2.75, 3.05) is 44.2 Å². The normalized spacial score (nSPS) is 17.6. The van der Waals surface area contributed by atoms with E-state index in [1.165, 1.54) is 36.1 Å². The van der Waals surface area contributed by atoms with E-state index in [1.807, 2.05) is 23.1 Å². The van der Waals surface area contributed by atoms with Crippen LogP contribution in [0.4, 0.5) is 5.69 Å². The standard InChI is InChI=1S/C30H35N3O/c34-30(33-21-19-32(20-22-33)29-9-5-2-6-10-29)28-13-11-27(12-14-28)24-31-17-15-26(16-18-31)23-25-7-3-1-4-8-25/h1-14,26H,15-24H2. The van der Waals surface area contributed by atoms with Gasteiger partial charge in [-0.2, -0.15) is 0 Å². The van der Waals surface area contributed by atoms with E-state index in [4.69, 9.17) is 0 Å². The molecule has 0 bridgehead atoms. The molecule has 4 nitrogen and oxygen atoms in total. The van der Waals surface area contributed by atoms with Crippen LogP contribution in [-0.2, 0) is 13.0 Å². The zero-order chi connectivity index (χ0) is 23.2. The fourth-order valence-corrected chi connectivity index (χ4v) is 5.30. The lowest BCUT2D eigenvalue weighted by atomic mass is 9.90. The summed E-state index contributed by atoms with van der Waals surface area (Å²) in [7, 11) is 0. The van der Waals surface area contributed by atoms with Gasteiger partial charge in [-0.1, -0.05) is 60.7 Å². The van der Waals surface area contributed by atoms with Gasteiger partial charge >= 0.3 is 0 Å². The smallest absolute Gasteiger partial charge is 0.253 e. The predicted molar refractivity (Wildman–Crippen MR) is 139 cm³/mol. The third-order valence-electron chi connectivity index (χ3n) is 7.37. The summed E-state index contributed by atoms with van der Waals surface area (Å²) in [4.78, 5) is 19.9. The molecule has 0 unspecified atom stereocenters. The Labute approximate surface area is 203 Å². The second-order valence-electron chi connectivity index (χ2n) is 9.72. The largest absolute Gasteiger partial charge is 0.368 e. The summed E-state index contributed by atoms with van der Waals surface area (Å²) < 4.78 is 0. The minimum atomic E-state index is 0.154. The van der Waals surface area contributed by atoms with E-state index in [1.54, 1.807) is 0 Å². The van der Waals surface area contributed by atoms with Crippen LogP contribution in [0.1, 0.15) is 34.3 Å². The number of hydrogen-bond acceptors (Lipinski definition) is 3. The van der Waals surface area contributed by atoms with Crippen molar-refractivity contribution in [3.05, 3.63) is 102 Å². The molecular weight excluding hydrogens is 418 g/mol. The number of piperidine rings is 1. The third kappa shape index (κ3) is 5.68. The molecule has 4 heteroatoms. The Kier molecular flexibility index (Phi) is 7.25. The molecule has 2 saturated heterocycles. The summed E-state index contributed by atoms with van der Waals surface area (Å²) in [6.45, 7) is 6.60. The van der Waals surface area contributed by atoms with Crippen LogP contribution in [0.15, 0.2) is 84.9 Å². The first kappa shape index (κ1) is 22.7. The predicted octanol–water partition coefficient (Wildman–Crippen LogP) is 5.10. The molecule has 1 amide bonds. The minimum absolute atomic E-state index is 0.154. The van der Waals surface area contributed by atoms with Crippen LogP contribution in [0, 0.1) is 5.92 Å². The van der Waals surface area contributed by atoms with Gasteiger partial charge in [0.25, 0.3) is 5.91 Å². The Morgan fingerprint density at radius 2 is 1.29 bits per heavy atom. The maximum atomic E-state index is 13.0. The molecular formula is C30H35N3O. The molecule has 0 spiro atoms. The third-order valence-corrected chi connectivity index (χ3v) is 7.37. The lowest BCUT2D eigenvalue weighted by Crippen LogP contribution is -2.48. The maximum Gasteiger partial charge on any atom is 0.253 e. The van der Waals surface area contributed by atoms with Gasteiger partial charge in [0.1, 0.15) is 0 Å². The number of rotatable bonds is 6. The number of para-hydroxylation sites is 1. The van der Waals surface area contributed by atoms with Gasteiger partial charge in [0, 0.05) is 44.0 Å². The van der Waals surface area contributed by atoms with Crippen molar-refractivity contribution in [1.29, 1.82) is 0 Å². The van der Waals surface area contributed by atoms with Gasteiger partial charge < -0.3 is 9.80 Å². The van der Waals surface area contributed by atoms with Gasteiger partial charge in [0.15, 0.2) is 0 Å². The van der Waals surface area contributed by atoms with Crippen molar-refractivity contribution in [3.63, 3.8) is 0 Å². The Balaban J connectivity index is 1.08. The van der Waals surface area contributed by atoms with Gasteiger partial charge in [0.05, 0.1) is 0 Å². The highest BCUT2D eigenvalue weighted by atomic mass is 16.2. The summed E-state index contributed by atoms with van der Waals surface area (Å²) in [6.07, 6.45) is 3.73. The average Bonchev–Trinajstić information content (AvgIpc) is 2.91. The van der Waals surface area contributed by atoms with Gasteiger partial charge in [-0.05, 0) is 73.7 Å². The zero-order valence-electron chi connectivity index (χ0n) is 20.0. The van der Waals surface area contributed by atoms with Crippen LogP contribution >= 0.6 is 0 Å². The van der Waals surface area contributed by atoms with Gasteiger partial charge in [-0.15, -0.1) is 0 Å². The lowest BCUT2D eigenvalue weighted by molar-refractivity contribution is 0.0746. The zero-order valence-corrected chi connectivity index (χ0v) is 20.0. The first-order valence-corrected chi connectivity index (χ1v) is 12.7. The van der Waals surface area contributed by atoms with Gasteiger partial charge in [-0.3, -0.25) is 9.69 Å². The van der Waals surface area contributed by atoms with Crippen LogP contribution < -0.4 is 4.90 Å². The van der Waals surface area contributed by atoms with E-state index in [0.29, 0.717) is 0 Å². The molecule has 0 aliphatic carbocycles. The number of benzene rings is 3. The van der Waals surface area contributed by atoms with Crippen LogP contribution in [-0.4, -0.2) is 55.0 Å². The lowest BCUT2D eigenvalue weighted by Gasteiger charge is -2.36. The first-order chi connectivity index (χ1) is 16.7. The van der Waals surface area contributed by atoms with Crippen molar-refractivity contribution in [3.8, 4) is 0 Å². The number of carbonyl (C=O) groups is 1. The average molecular weight is 454 g/mol.